The van der Waals surface area contributed by atoms with E-state index in [1.807, 2.05) is 25.1 Å². The van der Waals surface area contributed by atoms with Crippen LogP contribution in [0.5, 0.6) is 0 Å². The van der Waals surface area contributed by atoms with Gasteiger partial charge in [0.15, 0.2) is 0 Å². The fraction of sp³-hybridized carbons (Fsp3) is 0.643. The molecule has 1 aliphatic rings. The van der Waals surface area contributed by atoms with E-state index in [-0.39, 0.29) is 5.60 Å². The van der Waals surface area contributed by atoms with E-state index in [1.54, 1.807) is 0 Å². The van der Waals surface area contributed by atoms with Crippen LogP contribution >= 0.6 is 0 Å². The summed E-state index contributed by atoms with van der Waals surface area (Å²) in [4.78, 5) is 4.46. The predicted octanol–water partition coefficient (Wildman–Crippen LogP) is 2.57. The second-order valence-corrected chi connectivity index (χ2v) is 5.01. The smallest absolute Gasteiger partial charge is 0.0896 e. The summed E-state index contributed by atoms with van der Waals surface area (Å²) in [7, 11) is 0. The van der Waals surface area contributed by atoms with E-state index < -0.39 is 0 Å². The van der Waals surface area contributed by atoms with Crippen LogP contribution in [0.3, 0.4) is 0 Å². The fourth-order valence-corrected chi connectivity index (χ4v) is 2.51. The molecule has 2 N–H and O–H groups in total. The Morgan fingerprint density at radius 3 is 2.71 bits per heavy atom. The molecule has 0 radical (unpaired) electrons. The quantitative estimate of drug-likeness (QED) is 0.871. The van der Waals surface area contributed by atoms with Crippen molar-refractivity contribution < 1.29 is 4.74 Å². The fourth-order valence-electron chi connectivity index (χ4n) is 2.51. The molecule has 0 saturated heterocycles. The summed E-state index contributed by atoms with van der Waals surface area (Å²) in [5.41, 5.74) is 7.83. The molecular weight excluding hydrogens is 212 g/mol. The zero-order valence-corrected chi connectivity index (χ0v) is 10.6. The Kier molecular flexibility index (Phi) is 4.13. The Morgan fingerprint density at radius 1 is 1.29 bits per heavy atom. The van der Waals surface area contributed by atoms with Gasteiger partial charge in [-0.1, -0.05) is 25.3 Å². The minimum atomic E-state index is -0.0936. The Labute approximate surface area is 103 Å². The number of aromatic nitrogens is 1. The van der Waals surface area contributed by atoms with Crippen molar-refractivity contribution in [2.75, 3.05) is 6.54 Å². The zero-order chi connectivity index (χ0) is 12.1. The minimum Gasteiger partial charge on any atom is -0.367 e. The standard InChI is InChI=1S/C14H22N2O/c1-12-6-5-7-13(16-12)10-17-14(11-15)8-3-2-4-9-14/h5-7H,2-4,8-11,15H2,1H3. The lowest BCUT2D eigenvalue weighted by Crippen LogP contribution is -2.42. The molecule has 0 spiro atoms. The molecule has 1 fully saturated rings. The molecule has 1 heterocycles. The van der Waals surface area contributed by atoms with E-state index in [4.69, 9.17) is 10.5 Å². The second kappa shape index (κ2) is 5.61. The maximum Gasteiger partial charge on any atom is 0.0896 e. The van der Waals surface area contributed by atoms with Crippen LogP contribution in [-0.2, 0) is 11.3 Å². The van der Waals surface area contributed by atoms with Crippen molar-refractivity contribution >= 4 is 0 Å². The van der Waals surface area contributed by atoms with Crippen LogP contribution in [0.1, 0.15) is 43.5 Å². The lowest BCUT2D eigenvalue weighted by molar-refractivity contribution is -0.0745. The maximum atomic E-state index is 6.07. The van der Waals surface area contributed by atoms with Gasteiger partial charge in [-0.15, -0.1) is 0 Å². The molecule has 2 rings (SSSR count). The summed E-state index contributed by atoms with van der Waals surface area (Å²) in [5.74, 6) is 0. The highest BCUT2D eigenvalue weighted by Gasteiger charge is 2.31. The van der Waals surface area contributed by atoms with Gasteiger partial charge in [-0.2, -0.15) is 0 Å². The van der Waals surface area contributed by atoms with Gasteiger partial charge >= 0.3 is 0 Å². The lowest BCUT2D eigenvalue weighted by atomic mass is 9.85. The highest BCUT2D eigenvalue weighted by Crippen LogP contribution is 2.31. The highest BCUT2D eigenvalue weighted by atomic mass is 16.5. The van der Waals surface area contributed by atoms with Gasteiger partial charge in [0.2, 0.25) is 0 Å². The van der Waals surface area contributed by atoms with E-state index in [9.17, 15) is 0 Å². The molecule has 1 saturated carbocycles. The number of hydrogen-bond acceptors (Lipinski definition) is 3. The zero-order valence-electron chi connectivity index (χ0n) is 10.6. The first-order valence-corrected chi connectivity index (χ1v) is 6.51. The minimum absolute atomic E-state index is 0.0936. The van der Waals surface area contributed by atoms with E-state index in [0.717, 1.165) is 24.2 Å². The lowest BCUT2D eigenvalue weighted by Gasteiger charge is -2.36. The molecule has 3 heteroatoms. The van der Waals surface area contributed by atoms with Crippen molar-refractivity contribution in [3.63, 3.8) is 0 Å². The Bertz CT molecular complexity index is 359. The average molecular weight is 234 g/mol. The number of nitrogens with two attached hydrogens (primary N) is 1. The molecule has 94 valence electrons. The van der Waals surface area contributed by atoms with Gasteiger partial charge < -0.3 is 10.5 Å². The third kappa shape index (κ3) is 3.27. The Morgan fingerprint density at radius 2 is 2.06 bits per heavy atom. The first kappa shape index (κ1) is 12.5. The second-order valence-electron chi connectivity index (χ2n) is 5.01. The van der Waals surface area contributed by atoms with Crippen molar-refractivity contribution in [1.82, 2.24) is 4.98 Å². The van der Waals surface area contributed by atoms with Crippen molar-refractivity contribution in [3.8, 4) is 0 Å². The molecule has 3 nitrogen and oxygen atoms in total. The van der Waals surface area contributed by atoms with Gasteiger partial charge in [0.1, 0.15) is 0 Å². The summed E-state index contributed by atoms with van der Waals surface area (Å²) in [6.07, 6.45) is 5.97. The summed E-state index contributed by atoms with van der Waals surface area (Å²) in [6.45, 7) is 3.21. The predicted molar refractivity (Wildman–Crippen MR) is 68.6 cm³/mol. The van der Waals surface area contributed by atoms with Crippen LogP contribution < -0.4 is 5.73 Å². The van der Waals surface area contributed by atoms with Crippen LogP contribution in [-0.4, -0.2) is 17.1 Å². The van der Waals surface area contributed by atoms with Crippen molar-refractivity contribution in [2.45, 2.75) is 51.2 Å². The van der Waals surface area contributed by atoms with E-state index >= 15 is 0 Å². The molecule has 1 aliphatic carbocycles. The summed E-state index contributed by atoms with van der Waals surface area (Å²) < 4.78 is 6.07. The molecule has 1 aromatic rings. The Hall–Kier alpha value is -0.930. The molecule has 0 aromatic carbocycles. The summed E-state index contributed by atoms with van der Waals surface area (Å²) in [5, 5.41) is 0. The number of aryl methyl sites for hydroxylation is 1. The van der Waals surface area contributed by atoms with E-state index in [2.05, 4.69) is 4.98 Å². The van der Waals surface area contributed by atoms with Crippen molar-refractivity contribution in [2.24, 2.45) is 5.73 Å². The van der Waals surface area contributed by atoms with Crippen LogP contribution in [0.4, 0.5) is 0 Å². The van der Waals surface area contributed by atoms with Gasteiger partial charge in [-0.3, -0.25) is 4.98 Å². The number of pyridine rings is 1. The molecule has 1 aromatic heterocycles. The Balaban J connectivity index is 1.95. The van der Waals surface area contributed by atoms with Crippen LogP contribution in [0, 0.1) is 6.92 Å². The van der Waals surface area contributed by atoms with Crippen LogP contribution in [0.2, 0.25) is 0 Å². The van der Waals surface area contributed by atoms with Gasteiger partial charge in [0.05, 0.1) is 17.9 Å². The van der Waals surface area contributed by atoms with Gasteiger partial charge in [0.25, 0.3) is 0 Å². The molecule has 0 unspecified atom stereocenters. The molecule has 0 aliphatic heterocycles. The van der Waals surface area contributed by atoms with Crippen molar-refractivity contribution in [1.29, 1.82) is 0 Å². The number of rotatable bonds is 4. The number of hydrogen-bond donors (Lipinski definition) is 1. The third-order valence-electron chi connectivity index (χ3n) is 3.61. The largest absolute Gasteiger partial charge is 0.367 e. The van der Waals surface area contributed by atoms with Gasteiger partial charge in [0, 0.05) is 12.2 Å². The monoisotopic (exact) mass is 234 g/mol. The summed E-state index contributed by atoms with van der Waals surface area (Å²) >= 11 is 0. The van der Waals surface area contributed by atoms with Crippen molar-refractivity contribution in [3.05, 3.63) is 29.6 Å². The average Bonchev–Trinajstić information content (AvgIpc) is 2.38. The SMILES string of the molecule is Cc1cccc(COC2(CN)CCCCC2)n1. The topological polar surface area (TPSA) is 48.1 Å². The highest BCUT2D eigenvalue weighted by molar-refractivity contribution is 5.09. The van der Waals surface area contributed by atoms with E-state index in [1.165, 1.54) is 19.3 Å². The maximum absolute atomic E-state index is 6.07. The molecular formula is C14H22N2O. The molecule has 17 heavy (non-hydrogen) atoms. The van der Waals surface area contributed by atoms with E-state index in [0.29, 0.717) is 13.2 Å². The number of ether oxygens (including phenoxy) is 1. The molecule has 0 atom stereocenters. The third-order valence-corrected chi connectivity index (χ3v) is 3.61. The first-order valence-electron chi connectivity index (χ1n) is 6.51. The van der Waals surface area contributed by atoms with Gasteiger partial charge in [-0.05, 0) is 31.9 Å². The van der Waals surface area contributed by atoms with Crippen LogP contribution in [0.15, 0.2) is 18.2 Å². The summed E-state index contributed by atoms with van der Waals surface area (Å²) in [6, 6.07) is 6.04. The first-order chi connectivity index (χ1) is 8.24. The number of nitrogens with zero attached hydrogens (tertiary/aromatic N) is 1. The normalized spacial score (nSPS) is 19.2. The molecule has 0 amide bonds. The molecule has 0 bridgehead atoms. The van der Waals surface area contributed by atoms with Gasteiger partial charge in [-0.25, -0.2) is 0 Å². The van der Waals surface area contributed by atoms with Crippen LogP contribution in [0.25, 0.3) is 0 Å².